The van der Waals surface area contributed by atoms with E-state index >= 15 is 0 Å². The SMILES string of the molecule is CC(C)(C)OC[C@@H](O)CN1CCN(c2ccccc2F)CC1. The Balaban J connectivity index is 1.77. The van der Waals surface area contributed by atoms with E-state index in [2.05, 4.69) is 9.80 Å². The van der Waals surface area contributed by atoms with Gasteiger partial charge in [-0.3, -0.25) is 4.90 Å². The molecule has 1 heterocycles. The fraction of sp³-hybridized carbons (Fsp3) is 0.647. The topological polar surface area (TPSA) is 35.9 Å². The van der Waals surface area contributed by atoms with Crippen LogP contribution in [-0.2, 0) is 4.74 Å². The van der Waals surface area contributed by atoms with Crippen molar-refractivity contribution in [2.45, 2.75) is 32.5 Å². The van der Waals surface area contributed by atoms with E-state index in [1.165, 1.54) is 6.07 Å². The van der Waals surface area contributed by atoms with E-state index in [0.29, 0.717) is 18.8 Å². The van der Waals surface area contributed by atoms with E-state index in [9.17, 15) is 9.50 Å². The van der Waals surface area contributed by atoms with Gasteiger partial charge in [0.05, 0.1) is 24.0 Å². The van der Waals surface area contributed by atoms with Crippen LogP contribution in [0.5, 0.6) is 0 Å². The van der Waals surface area contributed by atoms with Gasteiger partial charge in [0.2, 0.25) is 0 Å². The Morgan fingerprint density at radius 2 is 1.82 bits per heavy atom. The van der Waals surface area contributed by atoms with E-state index in [0.717, 1.165) is 26.2 Å². The molecule has 1 aromatic rings. The molecule has 0 saturated carbocycles. The van der Waals surface area contributed by atoms with Gasteiger partial charge in [0.1, 0.15) is 5.82 Å². The van der Waals surface area contributed by atoms with Gasteiger partial charge >= 0.3 is 0 Å². The summed E-state index contributed by atoms with van der Waals surface area (Å²) in [5.74, 6) is -0.172. The van der Waals surface area contributed by atoms with Gasteiger partial charge in [-0.25, -0.2) is 4.39 Å². The minimum atomic E-state index is -0.487. The van der Waals surface area contributed by atoms with Crippen LogP contribution in [0.15, 0.2) is 24.3 Å². The number of benzene rings is 1. The first-order chi connectivity index (χ1) is 10.3. The number of nitrogens with zero attached hydrogens (tertiary/aromatic N) is 2. The Morgan fingerprint density at radius 1 is 1.18 bits per heavy atom. The quantitative estimate of drug-likeness (QED) is 0.904. The van der Waals surface area contributed by atoms with Crippen molar-refractivity contribution >= 4 is 5.69 Å². The third kappa shape index (κ3) is 5.23. The van der Waals surface area contributed by atoms with Crippen molar-refractivity contribution in [1.29, 1.82) is 0 Å². The third-order valence-electron chi connectivity index (χ3n) is 3.74. The second-order valence-electron chi connectivity index (χ2n) is 6.82. The van der Waals surface area contributed by atoms with Gasteiger partial charge in [-0.2, -0.15) is 0 Å². The average Bonchev–Trinajstić information content (AvgIpc) is 2.46. The van der Waals surface area contributed by atoms with Crippen molar-refractivity contribution in [3.63, 3.8) is 0 Å². The maximum absolute atomic E-state index is 13.8. The fourth-order valence-electron chi connectivity index (χ4n) is 2.58. The van der Waals surface area contributed by atoms with Crippen molar-refractivity contribution in [3.8, 4) is 0 Å². The lowest BCUT2D eigenvalue weighted by Gasteiger charge is -2.37. The number of para-hydroxylation sites is 1. The van der Waals surface area contributed by atoms with E-state index in [1.807, 2.05) is 32.9 Å². The number of piperazine rings is 1. The van der Waals surface area contributed by atoms with Crippen LogP contribution < -0.4 is 4.90 Å². The van der Waals surface area contributed by atoms with Gasteiger partial charge in [0.15, 0.2) is 0 Å². The van der Waals surface area contributed by atoms with Crippen molar-refractivity contribution in [1.82, 2.24) is 4.90 Å². The lowest BCUT2D eigenvalue weighted by molar-refractivity contribution is -0.0563. The zero-order chi connectivity index (χ0) is 16.2. The molecule has 0 amide bonds. The van der Waals surface area contributed by atoms with Crippen LogP contribution in [0.25, 0.3) is 0 Å². The lowest BCUT2D eigenvalue weighted by Crippen LogP contribution is -2.49. The Morgan fingerprint density at radius 3 is 2.41 bits per heavy atom. The molecule has 1 aliphatic rings. The van der Waals surface area contributed by atoms with Crippen LogP contribution >= 0.6 is 0 Å². The molecule has 1 aliphatic heterocycles. The summed E-state index contributed by atoms with van der Waals surface area (Å²) < 4.78 is 19.4. The maximum Gasteiger partial charge on any atom is 0.146 e. The first kappa shape index (κ1) is 17.2. The molecule has 1 fully saturated rings. The molecule has 1 atom stereocenters. The number of ether oxygens (including phenoxy) is 1. The van der Waals surface area contributed by atoms with Gasteiger partial charge < -0.3 is 14.7 Å². The number of aliphatic hydroxyl groups is 1. The first-order valence-electron chi connectivity index (χ1n) is 7.89. The summed E-state index contributed by atoms with van der Waals surface area (Å²) in [4.78, 5) is 4.26. The Kier molecular flexibility index (Phi) is 5.78. The predicted octanol–water partition coefficient (Wildman–Crippen LogP) is 2.12. The zero-order valence-electron chi connectivity index (χ0n) is 13.8. The highest BCUT2D eigenvalue weighted by Crippen LogP contribution is 2.20. The van der Waals surface area contributed by atoms with E-state index in [4.69, 9.17) is 4.74 Å². The highest BCUT2D eigenvalue weighted by molar-refractivity contribution is 5.47. The van der Waals surface area contributed by atoms with Crippen LogP contribution in [0, 0.1) is 5.82 Å². The van der Waals surface area contributed by atoms with Crippen molar-refractivity contribution in [2.75, 3.05) is 44.2 Å². The molecule has 0 spiro atoms. The molecule has 0 unspecified atom stereocenters. The highest BCUT2D eigenvalue weighted by atomic mass is 19.1. The van der Waals surface area contributed by atoms with E-state index < -0.39 is 6.10 Å². The van der Waals surface area contributed by atoms with Crippen molar-refractivity contribution in [2.24, 2.45) is 0 Å². The molecule has 4 nitrogen and oxygen atoms in total. The molecule has 0 bridgehead atoms. The molecule has 22 heavy (non-hydrogen) atoms. The fourth-order valence-corrected chi connectivity index (χ4v) is 2.58. The summed E-state index contributed by atoms with van der Waals surface area (Å²) in [7, 11) is 0. The monoisotopic (exact) mass is 310 g/mol. The number of β-amino-alcohol motifs (C(OH)–C–C–N with tert-alkyl or cyclic N) is 1. The molecular formula is C17H27FN2O2. The van der Waals surface area contributed by atoms with Crippen molar-refractivity contribution < 1.29 is 14.2 Å². The van der Waals surface area contributed by atoms with Gasteiger partial charge in [-0.05, 0) is 32.9 Å². The highest BCUT2D eigenvalue weighted by Gasteiger charge is 2.22. The van der Waals surface area contributed by atoms with Gasteiger partial charge in [0, 0.05) is 32.7 Å². The Labute approximate surface area is 132 Å². The molecule has 2 rings (SSSR count). The number of hydrogen-bond acceptors (Lipinski definition) is 4. The summed E-state index contributed by atoms with van der Waals surface area (Å²) in [6.07, 6.45) is -0.487. The molecular weight excluding hydrogens is 283 g/mol. The summed E-state index contributed by atoms with van der Waals surface area (Å²) in [5, 5.41) is 10.1. The number of halogens is 1. The molecule has 0 aliphatic carbocycles. The minimum absolute atomic E-state index is 0.172. The third-order valence-corrected chi connectivity index (χ3v) is 3.74. The van der Waals surface area contributed by atoms with Crippen LogP contribution in [0.2, 0.25) is 0 Å². The molecule has 0 aromatic heterocycles. The van der Waals surface area contributed by atoms with Gasteiger partial charge in [-0.15, -0.1) is 0 Å². The minimum Gasteiger partial charge on any atom is -0.389 e. The standard InChI is InChI=1S/C17H27FN2O2/c1-17(2,3)22-13-14(21)12-19-8-10-20(11-9-19)16-7-5-4-6-15(16)18/h4-7,14,21H,8-13H2,1-3H3/t14-/m0/s1. The summed E-state index contributed by atoms with van der Waals surface area (Å²) in [5.41, 5.74) is 0.434. The van der Waals surface area contributed by atoms with Crippen LogP contribution in [0.1, 0.15) is 20.8 Å². The number of hydrogen-bond donors (Lipinski definition) is 1. The molecule has 124 valence electrons. The van der Waals surface area contributed by atoms with Gasteiger partial charge in [-0.1, -0.05) is 12.1 Å². The molecule has 1 N–H and O–H groups in total. The van der Waals surface area contributed by atoms with Gasteiger partial charge in [0.25, 0.3) is 0 Å². The Bertz CT molecular complexity index is 468. The lowest BCUT2D eigenvalue weighted by atomic mass is 10.2. The summed E-state index contributed by atoms with van der Waals surface area (Å²) in [6, 6.07) is 6.88. The predicted molar refractivity (Wildman–Crippen MR) is 86.8 cm³/mol. The normalized spacial score (nSPS) is 18.5. The van der Waals surface area contributed by atoms with Crippen LogP contribution in [0.4, 0.5) is 10.1 Å². The van der Waals surface area contributed by atoms with Crippen LogP contribution in [0.3, 0.4) is 0 Å². The number of anilines is 1. The first-order valence-corrected chi connectivity index (χ1v) is 7.89. The van der Waals surface area contributed by atoms with E-state index in [1.54, 1.807) is 6.07 Å². The van der Waals surface area contributed by atoms with E-state index in [-0.39, 0.29) is 11.4 Å². The van der Waals surface area contributed by atoms with Crippen molar-refractivity contribution in [3.05, 3.63) is 30.1 Å². The Hall–Kier alpha value is -1.17. The largest absolute Gasteiger partial charge is 0.389 e. The van der Waals surface area contributed by atoms with Crippen LogP contribution in [-0.4, -0.2) is 61.0 Å². The molecule has 5 heteroatoms. The average molecular weight is 310 g/mol. The zero-order valence-corrected chi connectivity index (χ0v) is 13.8. The second kappa shape index (κ2) is 7.40. The summed E-state index contributed by atoms with van der Waals surface area (Å²) in [6.45, 7) is 10.1. The number of aliphatic hydroxyl groups excluding tert-OH is 1. The molecule has 1 saturated heterocycles. The second-order valence-corrected chi connectivity index (χ2v) is 6.82. The maximum atomic E-state index is 13.8. The smallest absolute Gasteiger partial charge is 0.146 e. The summed E-state index contributed by atoms with van der Waals surface area (Å²) >= 11 is 0. The molecule has 1 aromatic carbocycles. The number of rotatable bonds is 5. The molecule has 0 radical (unpaired) electrons.